The van der Waals surface area contributed by atoms with Gasteiger partial charge < -0.3 is 14.5 Å². The van der Waals surface area contributed by atoms with E-state index >= 15 is 0 Å². The van der Waals surface area contributed by atoms with E-state index in [2.05, 4.69) is 28.1 Å². The van der Waals surface area contributed by atoms with E-state index in [0.29, 0.717) is 0 Å². The van der Waals surface area contributed by atoms with Crippen molar-refractivity contribution in [1.29, 1.82) is 0 Å². The molecule has 1 saturated heterocycles. The molecule has 130 valence electrons. The van der Waals surface area contributed by atoms with Gasteiger partial charge in [0.2, 0.25) is 0 Å². The number of carbonyl (C=O) groups excluding carboxylic acids is 1. The summed E-state index contributed by atoms with van der Waals surface area (Å²) in [4.78, 5) is 15.9. The maximum Gasteiger partial charge on any atom is 0.260 e. The third-order valence-electron chi connectivity index (χ3n) is 4.95. The molecule has 0 unspecified atom stereocenters. The number of nitrogens with one attached hydrogen (secondary N) is 1. The van der Waals surface area contributed by atoms with Crippen LogP contribution in [0.3, 0.4) is 0 Å². The molecule has 24 heavy (non-hydrogen) atoms. The predicted octanol–water partition coefficient (Wildman–Crippen LogP) is 1.91. The van der Waals surface area contributed by atoms with Crippen LogP contribution in [0.4, 0.5) is 0 Å². The van der Waals surface area contributed by atoms with E-state index in [0.717, 1.165) is 42.3 Å². The van der Waals surface area contributed by atoms with Crippen LogP contribution < -0.4 is 9.64 Å². The normalized spacial score (nSPS) is 21.7. The zero-order valence-corrected chi connectivity index (χ0v) is 15.6. The Hall–Kier alpha value is -1.33. The highest BCUT2D eigenvalue weighted by atomic mass is 79.9. The lowest BCUT2D eigenvalue weighted by atomic mass is 9.94. The smallest absolute Gasteiger partial charge is 0.260 e. The molecule has 0 radical (unpaired) electrons. The molecule has 1 N–H and O–H groups in total. The Morgan fingerprint density at radius 1 is 1.21 bits per heavy atom. The van der Waals surface area contributed by atoms with Gasteiger partial charge in [-0.1, -0.05) is 28.1 Å². The Morgan fingerprint density at radius 2 is 1.96 bits per heavy atom. The van der Waals surface area contributed by atoms with Gasteiger partial charge in [-0.2, -0.15) is 0 Å². The van der Waals surface area contributed by atoms with E-state index in [4.69, 9.17) is 4.74 Å². The summed E-state index contributed by atoms with van der Waals surface area (Å²) in [6, 6.07) is 7.58. The molecule has 3 rings (SSSR count). The first kappa shape index (κ1) is 17.5. The summed E-state index contributed by atoms with van der Waals surface area (Å²) in [5, 5.41) is 0. The minimum absolute atomic E-state index is 0.0950. The fourth-order valence-electron chi connectivity index (χ4n) is 3.49. The number of amides is 1. The third kappa shape index (κ3) is 5.08. The number of ether oxygens (including phenoxy) is 1. The van der Waals surface area contributed by atoms with Gasteiger partial charge in [0.05, 0.1) is 32.7 Å². The van der Waals surface area contributed by atoms with Gasteiger partial charge in [-0.3, -0.25) is 4.79 Å². The van der Waals surface area contributed by atoms with Gasteiger partial charge in [0, 0.05) is 10.4 Å². The second-order valence-electron chi connectivity index (χ2n) is 6.73. The summed E-state index contributed by atoms with van der Waals surface area (Å²) < 4.78 is 6.61. The van der Waals surface area contributed by atoms with Crippen molar-refractivity contribution in [1.82, 2.24) is 4.90 Å². The molecule has 0 spiro atoms. The number of allylic oxidation sites excluding steroid dienone is 2. The van der Waals surface area contributed by atoms with Gasteiger partial charge in [-0.05, 0) is 43.5 Å². The summed E-state index contributed by atoms with van der Waals surface area (Å²) in [7, 11) is 0. The number of hydrogen-bond donors (Lipinski definition) is 1. The Labute approximate surface area is 152 Å². The van der Waals surface area contributed by atoms with Gasteiger partial charge in [0.15, 0.2) is 6.61 Å². The SMILES string of the molecule is O=C(COc1ccc(Br)cc1)N1CC[NH+](C[C@@H]2CC=CCC2)CC1. The first-order chi connectivity index (χ1) is 11.7. The van der Waals surface area contributed by atoms with Gasteiger partial charge >= 0.3 is 0 Å². The van der Waals surface area contributed by atoms with Crippen LogP contribution >= 0.6 is 15.9 Å². The molecule has 1 amide bonds. The monoisotopic (exact) mass is 393 g/mol. The molecule has 0 saturated carbocycles. The molecule has 1 aliphatic heterocycles. The molecule has 2 aliphatic rings. The minimum atomic E-state index is 0.0950. The lowest BCUT2D eigenvalue weighted by Gasteiger charge is -2.34. The summed E-state index contributed by atoms with van der Waals surface area (Å²) in [5.41, 5.74) is 0. The maximum absolute atomic E-state index is 12.3. The van der Waals surface area contributed by atoms with Crippen LogP contribution in [-0.2, 0) is 4.79 Å². The van der Waals surface area contributed by atoms with Gasteiger partial charge in [-0.25, -0.2) is 0 Å². The van der Waals surface area contributed by atoms with Crippen molar-refractivity contribution in [2.45, 2.75) is 19.3 Å². The Balaban J connectivity index is 1.38. The van der Waals surface area contributed by atoms with Crippen molar-refractivity contribution in [3.8, 4) is 5.75 Å². The highest BCUT2D eigenvalue weighted by Crippen LogP contribution is 2.17. The Kier molecular flexibility index (Phi) is 6.32. The number of nitrogens with zero attached hydrogens (tertiary/aromatic N) is 1. The van der Waals surface area contributed by atoms with Crippen LogP contribution in [0, 0.1) is 5.92 Å². The van der Waals surface area contributed by atoms with Crippen LogP contribution in [0.25, 0.3) is 0 Å². The van der Waals surface area contributed by atoms with Crippen LogP contribution in [0.1, 0.15) is 19.3 Å². The number of hydrogen-bond acceptors (Lipinski definition) is 2. The van der Waals surface area contributed by atoms with E-state index in [9.17, 15) is 4.79 Å². The summed E-state index contributed by atoms with van der Waals surface area (Å²) in [5.74, 6) is 1.66. The van der Waals surface area contributed by atoms with Crippen LogP contribution in [0.5, 0.6) is 5.75 Å². The average molecular weight is 394 g/mol. The maximum atomic E-state index is 12.3. The topological polar surface area (TPSA) is 34.0 Å². The molecule has 1 fully saturated rings. The second kappa shape index (κ2) is 8.67. The zero-order valence-electron chi connectivity index (χ0n) is 14.0. The highest BCUT2D eigenvalue weighted by molar-refractivity contribution is 9.10. The molecule has 4 nitrogen and oxygen atoms in total. The lowest BCUT2D eigenvalue weighted by Crippen LogP contribution is -3.15. The summed E-state index contributed by atoms with van der Waals surface area (Å²) >= 11 is 3.39. The van der Waals surface area contributed by atoms with Gasteiger partial charge in [-0.15, -0.1) is 0 Å². The van der Waals surface area contributed by atoms with Crippen molar-refractivity contribution in [3.63, 3.8) is 0 Å². The van der Waals surface area contributed by atoms with E-state index in [1.54, 1.807) is 4.90 Å². The molecule has 1 aromatic rings. The molecular formula is C19H26BrN2O2+. The Bertz CT molecular complexity index is 565. The number of carbonyl (C=O) groups is 1. The number of piperazine rings is 1. The molecular weight excluding hydrogens is 368 g/mol. The molecule has 1 aromatic carbocycles. The summed E-state index contributed by atoms with van der Waals surface area (Å²) in [6.45, 7) is 5.20. The first-order valence-electron chi connectivity index (χ1n) is 8.85. The van der Waals surface area contributed by atoms with Gasteiger partial charge in [0.1, 0.15) is 5.75 Å². The fourth-order valence-corrected chi connectivity index (χ4v) is 3.76. The molecule has 1 heterocycles. The van der Waals surface area contributed by atoms with Crippen LogP contribution in [0.2, 0.25) is 0 Å². The van der Waals surface area contributed by atoms with Crippen molar-refractivity contribution < 1.29 is 14.4 Å². The predicted molar refractivity (Wildman–Crippen MR) is 98.3 cm³/mol. The standard InChI is InChI=1S/C19H25BrN2O2/c20-17-6-8-18(9-7-17)24-15-19(23)22-12-10-21(11-13-22)14-16-4-2-1-3-5-16/h1-2,6-9,16H,3-5,10-15H2/p+1/t16-/m1/s1. The largest absolute Gasteiger partial charge is 0.484 e. The summed E-state index contributed by atoms with van der Waals surface area (Å²) in [6.07, 6.45) is 8.41. The van der Waals surface area contributed by atoms with E-state index in [1.807, 2.05) is 29.2 Å². The average Bonchev–Trinajstić information content (AvgIpc) is 2.62. The Morgan fingerprint density at radius 3 is 2.62 bits per heavy atom. The number of benzene rings is 1. The number of halogens is 1. The third-order valence-corrected chi connectivity index (χ3v) is 5.48. The van der Waals surface area contributed by atoms with Gasteiger partial charge in [0.25, 0.3) is 5.91 Å². The zero-order chi connectivity index (χ0) is 16.8. The molecule has 0 aromatic heterocycles. The van der Waals surface area contributed by atoms with Crippen LogP contribution in [0.15, 0.2) is 40.9 Å². The van der Waals surface area contributed by atoms with Crippen molar-refractivity contribution in [2.24, 2.45) is 5.92 Å². The highest BCUT2D eigenvalue weighted by Gasteiger charge is 2.26. The van der Waals surface area contributed by atoms with E-state index in [-0.39, 0.29) is 12.5 Å². The molecule has 5 heteroatoms. The number of rotatable bonds is 5. The van der Waals surface area contributed by atoms with Crippen LogP contribution in [-0.4, -0.2) is 50.1 Å². The molecule has 0 bridgehead atoms. The van der Waals surface area contributed by atoms with Crippen molar-refractivity contribution in [2.75, 3.05) is 39.3 Å². The number of quaternary nitrogens is 1. The second-order valence-corrected chi connectivity index (χ2v) is 7.64. The van der Waals surface area contributed by atoms with E-state index < -0.39 is 0 Å². The lowest BCUT2D eigenvalue weighted by molar-refractivity contribution is -0.907. The molecule has 1 aliphatic carbocycles. The molecule has 1 atom stereocenters. The fraction of sp³-hybridized carbons (Fsp3) is 0.526. The minimum Gasteiger partial charge on any atom is -0.484 e. The first-order valence-corrected chi connectivity index (χ1v) is 9.65. The van der Waals surface area contributed by atoms with Crippen molar-refractivity contribution >= 4 is 21.8 Å². The van der Waals surface area contributed by atoms with Crippen molar-refractivity contribution in [3.05, 3.63) is 40.9 Å². The quantitative estimate of drug-likeness (QED) is 0.775. The van der Waals surface area contributed by atoms with E-state index in [1.165, 1.54) is 25.8 Å².